The van der Waals surface area contributed by atoms with Crippen molar-refractivity contribution in [1.29, 1.82) is 0 Å². The van der Waals surface area contributed by atoms with Gasteiger partial charge in [-0.25, -0.2) is 0 Å². The predicted octanol–water partition coefficient (Wildman–Crippen LogP) is 7.65. The van der Waals surface area contributed by atoms with E-state index in [4.69, 9.17) is 42.5 Å². The molecule has 1 N–H and O–H groups in total. The van der Waals surface area contributed by atoms with Crippen molar-refractivity contribution in [3.63, 3.8) is 0 Å². The summed E-state index contributed by atoms with van der Waals surface area (Å²) in [6, 6.07) is 13.9. The van der Waals surface area contributed by atoms with Gasteiger partial charge < -0.3 is 34.0 Å². The van der Waals surface area contributed by atoms with Gasteiger partial charge in [0.1, 0.15) is 12.2 Å². The number of alkyl halides is 6. The highest BCUT2D eigenvalue weighted by atomic mass is 35.5. The monoisotopic (exact) mass is 895 g/mol. The summed E-state index contributed by atoms with van der Waals surface area (Å²) >= 11 is 12.7. The number of aliphatic hydroxyl groups excluding tert-OH is 1. The summed E-state index contributed by atoms with van der Waals surface area (Å²) < 4.78 is 100. The van der Waals surface area contributed by atoms with E-state index in [1.54, 1.807) is 30.1 Å². The lowest BCUT2D eigenvalue weighted by molar-refractivity contribution is -0.143. The number of halogens is 9. The number of carbonyl (C=O) groups is 2. The number of fused-ring (bicyclic) bond motifs is 2. The van der Waals surface area contributed by atoms with Crippen LogP contribution in [0.4, 0.5) is 26.3 Å². The highest BCUT2D eigenvalue weighted by molar-refractivity contribution is 6.42. The first-order valence-corrected chi connectivity index (χ1v) is 19.7. The number of benzene rings is 3. The molecule has 6 rings (SSSR count). The second-order valence-electron chi connectivity index (χ2n) is 15.1. The first kappa shape index (κ1) is 46.9. The number of hydrogen-bond acceptors (Lipinski definition) is 7. The number of rotatable bonds is 13. The van der Waals surface area contributed by atoms with E-state index in [1.807, 2.05) is 12.1 Å². The summed E-state index contributed by atoms with van der Waals surface area (Å²) in [5.74, 6) is -1.17. The van der Waals surface area contributed by atoms with Gasteiger partial charge in [-0.2, -0.15) is 26.3 Å². The van der Waals surface area contributed by atoms with E-state index >= 15 is 0 Å². The van der Waals surface area contributed by atoms with Gasteiger partial charge in [-0.3, -0.25) is 9.59 Å². The summed E-state index contributed by atoms with van der Waals surface area (Å²) in [4.78, 5) is 31.8. The molecule has 0 unspecified atom stereocenters. The third kappa shape index (κ3) is 10.7. The van der Waals surface area contributed by atoms with Crippen LogP contribution >= 0.6 is 35.6 Å². The largest absolute Gasteiger partial charge is 0.416 e. The molecule has 2 heterocycles. The Hall–Kier alpha value is -3.15. The average Bonchev–Trinajstić information content (AvgIpc) is 3.50. The van der Waals surface area contributed by atoms with Gasteiger partial charge in [0.2, 0.25) is 5.91 Å². The molecule has 3 aromatic carbocycles. The Labute approximate surface area is 354 Å². The van der Waals surface area contributed by atoms with Crippen LogP contribution in [0.3, 0.4) is 0 Å². The average molecular weight is 897 g/mol. The molecular weight excluding hydrogens is 851 g/mol. The molecule has 59 heavy (non-hydrogen) atoms. The van der Waals surface area contributed by atoms with E-state index in [1.165, 1.54) is 16.0 Å². The number of ether oxygens (including phenoxy) is 3. The van der Waals surface area contributed by atoms with E-state index in [2.05, 4.69) is 17.0 Å². The lowest BCUT2D eigenvalue weighted by Gasteiger charge is -2.46. The van der Waals surface area contributed by atoms with Gasteiger partial charge in [-0.05, 0) is 85.8 Å². The lowest BCUT2D eigenvalue weighted by Crippen LogP contribution is -2.54. The number of amides is 2. The highest BCUT2D eigenvalue weighted by Crippen LogP contribution is 2.48. The molecule has 1 aliphatic carbocycles. The molecule has 9 nitrogen and oxygen atoms in total. The van der Waals surface area contributed by atoms with E-state index in [0.717, 1.165) is 12.8 Å². The second kappa shape index (κ2) is 19.3. The number of likely N-dealkylation sites (tertiary alicyclic amines) is 1. The summed E-state index contributed by atoms with van der Waals surface area (Å²) in [6.45, 7) is 2.13. The molecule has 2 atom stereocenters. The summed E-state index contributed by atoms with van der Waals surface area (Å²) in [5, 5.41) is 9.41. The third-order valence-electron chi connectivity index (χ3n) is 11.5. The number of hydrogen-bond donors (Lipinski definition) is 1. The number of carbonyl (C=O) groups excluding carboxylic acids is 2. The molecule has 3 aliphatic rings. The molecule has 1 spiro atoms. The normalized spacial score (nSPS) is 20.6. The van der Waals surface area contributed by atoms with Gasteiger partial charge in [-0.15, -0.1) is 12.4 Å². The standard InChI is InChI=1S/C41H45Cl2F6N3O6.ClH/c1-50(14-17-56-19-16-53)36(54)25-57-35-22-27-4-2-3-5-32(27)38(35)8-11-51(12-9-38)13-10-39(29-6-7-33(42)34(43)24-29)26-52(15-18-58-39)37(55)28-20-30(40(44,45)46)23-31(21-28)41(47,48)49;/h2-7,20-21,23-24,35,53H,8-19,22,25-26H2,1H3;1H/t35-,39+;/m0./s1. The number of morpholine rings is 1. The zero-order chi connectivity index (χ0) is 41.9. The van der Waals surface area contributed by atoms with Crippen molar-refractivity contribution in [2.75, 3.05) is 79.4 Å². The Morgan fingerprint density at radius 3 is 2.25 bits per heavy atom. The van der Waals surface area contributed by atoms with Crippen molar-refractivity contribution in [2.24, 2.45) is 0 Å². The van der Waals surface area contributed by atoms with Crippen LogP contribution < -0.4 is 0 Å². The fourth-order valence-electron chi connectivity index (χ4n) is 8.32. The van der Waals surface area contributed by atoms with Gasteiger partial charge in [0.25, 0.3) is 5.91 Å². The fourth-order valence-corrected chi connectivity index (χ4v) is 8.62. The Morgan fingerprint density at radius 2 is 1.61 bits per heavy atom. The van der Waals surface area contributed by atoms with Gasteiger partial charge in [0, 0.05) is 37.7 Å². The van der Waals surface area contributed by atoms with E-state index in [-0.39, 0.29) is 85.5 Å². The van der Waals surface area contributed by atoms with Gasteiger partial charge in [-0.1, -0.05) is 53.5 Å². The van der Waals surface area contributed by atoms with Crippen molar-refractivity contribution >= 4 is 47.4 Å². The Kier molecular flexibility index (Phi) is 15.3. The minimum atomic E-state index is -5.12. The van der Waals surface area contributed by atoms with Crippen molar-refractivity contribution in [2.45, 2.75) is 55.2 Å². The second-order valence-corrected chi connectivity index (χ2v) is 15.9. The number of piperidine rings is 1. The molecule has 0 bridgehead atoms. The number of nitrogens with zero attached hydrogens (tertiary/aromatic N) is 3. The van der Waals surface area contributed by atoms with Crippen molar-refractivity contribution < 1.29 is 55.2 Å². The van der Waals surface area contributed by atoms with E-state index in [0.29, 0.717) is 63.3 Å². The molecule has 324 valence electrons. The van der Waals surface area contributed by atoms with Crippen LogP contribution in [0.1, 0.15) is 57.4 Å². The molecule has 2 fully saturated rings. The van der Waals surface area contributed by atoms with Crippen LogP contribution in [0.5, 0.6) is 0 Å². The molecule has 2 amide bonds. The third-order valence-corrected chi connectivity index (χ3v) is 12.3. The van der Waals surface area contributed by atoms with Crippen molar-refractivity contribution in [1.82, 2.24) is 14.7 Å². The Balaban J connectivity index is 0.00000661. The van der Waals surface area contributed by atoms with Gasteiger partial charge in [0.15, 0.2) is 0 Å². The van der Waals surface area contributed by atoms with Gasteiger partial charge in [0.05, 0.1) is 60.2 Å². The van der Waals surface area contributed by atoms with Gasteiger partial charge >= 0.3 is 12.4 Å². The highest BCUT2D eigenvalue weighted by Gasteiger charge is 2.50. The maximum Gasteiger partial charge on any atom is 0.416 e. The van der Waals surface area contributed by atoms with Crippen LogP contribution in [-0.2, 0) is 48.8 Å². The molecule has 2 saturated heterocycles. The molecule has 3 aromatic rings. The molecule has 0 radical (unpaired) electrons. The molecule has 2 aliphatic heterocycles. The SMILES string of the molecule is CN(CCOCCO)C(=O)CO[C@H]1Cc2ccccc2C12CCN(CC[C@]1(c3ccc(Cl)c(Cl)c3)CN(C(=O)c3cc(C(F)(F)F)cc(C(F)(F)F)c3)CCO1)CC2.Cl. The summed E-state index contributed by atoms with van der Waals surface area (Å²) in [6.07, 6.45) is -8.08. The van der Waals surface area contributed by atoms with Crippen LogP contribution in [-0.4, -0.2) is 117 Å². The maximum absolute atomic E-state index is 13.8. The topological polar surface area (TPSA) is 91.8 Å². The smallest absolute Gasteiger partial charge is 0.394 e. The minimum absolute atomic E-state index is 0. The number of aliphatic hydroxyl groups is 1. The quantitative estimate of drug-likeness (QED) is 0.139. The van der Waals surface area contributed by atoms with Crippen LogP contribution in [0.2, 0.25) is 10.0 Å². The summed E-state index contributed by atoms with van der Waals surface area (Å²) in [7, 11) is 1.68. The number of likely N-dealkylation sites (N-methyl/N-ethyl adjacent to an activating group) is 1. The molecule has 0 saturated carbocycles. The first-order chi connectivity index (χ1) is 27.5. The molecule has 0 aromatic heterocycles. The van der Waals surface area contributed by atoms with Crippen LogP contribution in [0, 0.1) is 0 Å². The van der Waals surface area contributed by atoms with E-state index < -0.39 is 40.6 Å². The zero-order valence-corrected chi connectivity index (χ0v) is 34.5. The van der Waals surface area contributed by atoms with Crippen molar-refractivity contribution in [3.8, 4) is 0 Å². The fraction of sp³-hybridized carbons (Fsp3) is 0.512. The summed E-state index contributed by atoms with van der Waals surface area (Å²) in [5.41, 5.74) is -2.54. The minimum Gasteiger partial charge on any atom is -0.394 e. The molecule has 18 heteroatoms. The predicted molar refractivity (Wildman–Crippen MR) is 211 cm³/mol. The Bertz CT molecular complexity index is 1910. The lowest BCUT2D eigenvalue weighted by atomic mass is 9.72. The first-order valence-electron chi connectivity index (χ1n) is 19.0. The maximum atomic E-state index is 13.8. The van der Waals surface area contributed by atoms with Crippen LogP contribution in [0.15, 0.2) is 60.7 Å². The van der Waals surface area contributed by atoms with Crippen LogP contribution in [0.25, 0.3) is 0 Å². The zero-order valence-electron chi connectivity index (χ0n) is 32.2. The molecular formula is C41H46Cl3F6N3O6. The Morgan fingerprint density at radius 1 is 0.932 bits per heavy atom. The van der Waals surface area contributed by atoms with Crippen molar-refractivity contribution in [3.05, 3.63) is 104 Å². The van der Waals surface area contributed by atoms with E-state index in [9.17, 15) is 35.9 Å².